The lowest BCUT2D eigenvalue weighted by molar-refractivity contribution is -0.144. The first-order chi connectivity index (χ1) is 6.20. The number of carbonyl (C=O) groups is 1. The topological polar surface area (TPSA) is 46.5 Å². The number of aliphatic hydroxyl groups excluding tert-OH is 1. The summed E-state index contributed by atoms with van der Waals surface area (Å²) in [5, 5.41) is 9.35. The molecule has 0 radical (unpaired) electrons. The largest absolute Gasteiger partial charge is 0.466 e. The number of ether oxygens (including phenoxy) is 1. The van der Waals surface area contributed by atoms with Crippen LogP contribution in [0.2, 0.25) is 0 Å². The average Bonchev–Trinajstić information content (AvgIpc) is 2.05. The highest BCUT2D eigenvalue weighted by Gasteiger charge is 2.10. The Kier molecular flexibility index (Phi) is 8.24. The van der Waals surface area contributed by atoms with Crippen LogP contribution in [0.4, 0.5) is 0 Å². The number of carbonyl (C=O) groups excluding carboxylic acids is 1. The molecule has 0 aromatic carbocycles. The van der Waals surface area contributed by atoms with Crippen LogP contribution in [0.3, 0.4) is 0 Å². The van der Waals surface area contributed by atoms with E-state index in [-0.39, 0.29) is 12.4 Å². The number of rotatable bonds is 7. The predicted octanol–water partition coefficient (Wildman–Crippen LogP) is 1.44. The van der Waals surface area contributed by atoms with E-state index < -0.39 is 6.10 Å². The summed E-state index contributed by atoms with van der Waals surface area (Å²) >= 11 is 1.66. The first kappa shape index (κ1) is 12.8. The highest BCUT2D eigenvalue weighted by molar-refractivity contribution is 7.99. The zero-order chi connectivity index (χ0) is 10.1. The minimum absolute atomic E-state index is 0.116. The quantitative estimate of drug-likeness (QED) is 0.506. The molecule has 0 saturated carbocycles. The number of esters is 1. The van der Waals surface area contributed by atoms with E-state index in [4.69, 9.17) is 4.74 Å². The summed E-state index contributed by atoms with van der Waals surface area (Å²) in [6, 6.07) is 0. The second-order valence-corrected chi connectivity index (χ2v) is 3.89. The third kappa shape index (κ3) is 8.12. The Balaban J connectivity index is 3.38. The third-order valence-electron chi connectivity index (χ3n) is 1.37. The maximum absolute atomic E-state index is 10.9. The van der Waals surface area contributed by atoms with Gasteiger partial charge in [-0.3, -0.25) is 4.79 Å². The van der Waals surface area contributed by atoms with Crippen molar-refractivity contribution in [2.45, 2.75) is 32.8 Å². The summed E-state index contributed by atoms with van der Waals surface area (Å²) in [5.41, 5.74) is 0. The molecule has 0 spiro atoms. The molecule has 1 atom stereocenters. The third-order valence-corrected chi connectivity index (χ3v) is 2.68. The van der Waals surface area contributed by atoms with Crippen LogP contribution < -0.4 is 0 Å². The molecule has 78 valence electrons. The highest BCUT2D eigenvalue weighted by atomic mass is 32.2. The van der Waals surface area contributed by atoms with Gasteiger partial charge in [0.15, 0.2) is 0 Å². The summed E-state index contributed by atoms with van der Waals surface area (Å²) in [6.45, 7) is 4.23. The normalized spacial score (nSPS) is 12.5. The smallest absolute Gasteiger partial charge is 0.308 e. The van der Waals surface area contributed by atoms with Crippen LogP contribution in [0.25, 0.3) is 0 Å². The van der Waals surface area contributed by atoms with Gasteiger partial charge in [-0.15, -0.1) is 0 Å². The Morgan fingerprint density at radius 1 is 1.54 bits per heavy atom. The van der Waals surface area contributed by atoms with E-state index in [9.17, 15) is 9.90 Å². The Labute approximate surface area is 83.9 Å². The van der Waals surface area contributed by atoms with Crippen LogP contribution in [0.1, 0.15) is 26.7 Å². The fraction of sp³-hybridized carbons (Fsp3) is 0.889. The first-order valence-electron chi connectivity index (χ1n) is 4.62. The van der Waals surface area contributed by atoms with Gasteiger partial charge in [0, 0.05) is 5.75 Å². The Morgan fingerprint density at radius 2 is 2.23 bits per heavy atom. The van der Waals surface area contributed by atoms with E-state index in [0.29, 0.717) is 12.4 Å². The van der Waals surface area contributed by atoms with Gasteiger partial charge in [0.2, 0.25) is 0 Å². The standard InChI is InChI=1S/C9H18O3S/c1-3-5-13-7-8(10)6-9(11)12-4-2/h8,10H,3-7H2,1-2H3. The maximum Gasteiger partial charge on any atom is 0.308 e. The number of aliphatic hydroxyl groups is 1. The molecule has 0 saturated heterocycles. The van der Waals surface area contributed by atoms with E-state index in [1.807, 2.05) is 0 Å². The van der Waals surface area contributed by atoms with Gasteiger partial charge in [0.1, 0.15) is 0 Å². The molecule has 4 heteroatoms. The van der Waals surface area contributed by atoms with Gasteiger partial charge in [-0.05, 0) is 19.1 Å². The molecule has 0 heterocycles. The van der Waals surface area contributed by atoms with E-state index in [0.717, 1.165) is 12.2 Å². The van der Waals surface area contributed by atoms with Gasteiger partial charge in [-0.25, -0.2) is 0 Å². The lowest BCUT2D eigenvalue weighted by atomic mass is 10.3. The van der Waals surface area contributed by atoms with Gasteiger partial charge in [-0.1, -0.05) is 6.92 Å². The fourth-order valence-corrected chi connectivity index (χ4v) is 1.68. The fourth-order valence-electron chi connectivity index (χ4n) is 0.835. The van der Waals surface area contributed by atoms with Crippen LogP contribution in [0.5, 0.6) is 0 Å². The molecule has 0 aliphatic heterocycles. The van der Waals surface area contributed by atoms with Gasteiger partial charge >= 0.3 is 5.97 Å². The Hall–Kier alpha value is -0.220. The lowest BCUT2D eigenvalue weighted by Crippen LogP contribution is -2.18. The van der Waals surface area contributed by atoms with Crippen LogP contribution >= 0.6 is 11.8 Å². The molecule has 0 aliphatic rings. The molecule has 0 fully saturated rings. The van der Waals surface area contributed by atoms with Crippen molar-refractivity contribution < 1.29 is 14.6 Å². The molecule has 1 N–H and O–H groups in total. The molecule has 0 aromatic heterocycles. The summed E-state index contributed by atoms with van der Waals surface area (Å²) in [4.78, 5) is 10.9. The SMILES string of the molecule is CCCSCC(O)CC(=O)OCC. The number of thioether (sulfide) groups is 1. The molecular weight excluding hydrogens is 188 g/mol. The van der Waals surface area contributed by atoms with Gasteiger partial charge in [-0.2, -0.15) is 11.8 Å². The molecule has 0 aliphatic carbocycles. The van der Waals surface area contributed by atoms with Crippen LogP contribution in [-0.4, -0.2) is 35.3 Å². The predicted molar refractivity (Wildman–Crippen MR) is 54.9 cm³/mol. The minimum Gasteiger partial charge on any atom is -0.466 e. The van der Waals surface area contributed by atoms with Gasteiger partial charge in [0.05, 0.1) is 19.1 Å². The van der Waals surface area contributed by atoms with E-state index in [1.165, 1.54) is 0 Å². The second kappa shape index (κ2) is 8.38. The first-order valence-corrected chi connectivity index (χ1v) is 5.77. The summed E-state index contributed by atoms with van der Waals surface area (Å²) < 4.78 is 4.71. The van der Waals surface area contributed by atoms with Crippen molar-refractivity contribution in [3.05, 3.63) is 0 Å². The molecule has 13 heavy (non-hydrogen) atoms. The van der Waals surface area contributed by atoms with Crippen molar-refractivity contribution in [3.8, 4) is 0 Å². The summed E-state index contributed by atoms with van der Waals surface area (Å²) in [5.74, 6) is 1.33. The molecule has 1 unspecified atom stereocenters. The minimum atomic E-state index is -0.560. The highest BCUT2D eigenvalue weighted by Crippen LogP contribution is 2.07. The van der Waals surface area contributed by atoms with E-state index >= 15 is 0 Å². The Morgan fingerprint density at radius 3 is 2.77 bits per heavy atom. The van der Waals surface area contributed by atoms with E-state index in [1.54, 1.807) is 18.7 Å². The number of hydrogen-bond acceptors (Lipinski definition) is 4. The zero-order valence-electron chi connectivity index (χ0n) is 8.28. The van der Waals surface area contributed by atoms with Crippen molar-refractivity contribution in [2.24, 2.45) is 0 Å². The summed E-state index contributed by atoms with van der Waals surface area (Å²) in [6.07, 6.45) is 0.650. The molecule has 0 bridgehead atoms. The van der Waals surface area contributed by atoms with Crippen molar-refractivity contribution in [1.29, 1.82) is 0 Å². The number of hydrogen-bond donors (Lipinski definition) is 1. The van der Waals surface area contributed by atoms with Crippen LogP contribution in [-0.2, 0) is 9.53 Å². The molecule has 0 rings (SSSR count). The van der Waals surface area contributed by atoms with E-state index in [2.05, 4.69) is 6.92 Å². The molecular formula is C9H18O3S. The molecule has 0 aromatic rings. The zero-order valence-corrected chi connectivity index (χ0v) is 9.10. The molecule has 3 nitrogen and oxygen atoms in total. The average molecular weight is 206 g/mol. The van der Waals surface area contributed by atoms with Crippen molar-refractivity contribution in [2.75, 3.05) is 18.1 Å². The summed E-state index contributed by atoms with van der Waals surface area (Å²) in [7, 11) is 0. The second-order valence-electron chi connectivity index (χ2n) is 2.74. The van der Waals surface area contributed by atoms with Crippen molar-refractivity contribution >= 4 is 17.7 Å². The monoisotopic (exact) mass is 206 g/mol. The molecule has 0 amide bonds. The van der Waals surface area contributed by atoms with Gasteiger partial charge in [0.25, 0.3) is 0 Å². The Bertz CT molecular complexity index is 139. The maximum atomic E-state index is 10.9. The lowest BCUT2D eigenvalue weighted by Gasteiger charge is -2.08. The van der Waals surface area contributed by atoms with Crippen LogP contribution in [0.15, 0.2) is 0 Å². The van der Waals surface area contributed by atoms with Crippen molar-refractivity contribution in [3.63, 3.8) is 0 Å². The van der Waals surface area contributed by atoms with Crippen molar-refractivity contribution in [1.82, 2.24) is 0 Å². The van der Waals surface area contributed by atoms with Gasteiger partial charge < -0.3 is 9.84 Å². The van der Waals surface area contributed by atoms with Crippen LogP contribution in [0, 0.1) is 0 Å².